The second-order valence-corrected chi connectivity index (χ2v) is 10.2. The number of carboxylic acids is 1. The Morgan fingerprint density at radius 1 is 0.919 bits per heavy atom. The van der Waals surface area contributed by atoms with E-state index in [1.54, 1.807) is 20.0 Å². The van der Waals surface area contributed by atoms with Crippen molar-refractivity contribution in [3.05, 3.63) is 36.0 Å². The van der Waals surface area contributed by atoms with Crippen LogP contribution in [0.25, 0.3) is 10.9 Å². The van der Waals surface area contributed by atoms with Crippen molar-refractivity contribution in [1.29, 1.82) is 0 Å². The van der Waals surface area contributed by atoms with Gasteiger partial charge in [0.25, 0.3) is 0 Å². The number of aliphatic carboxylic acids is 1. The number of carbonyl (C=O) groups excluding carboxylic acids is 3. The lowest BCUT2D eigenvalue weighted by molar-refractivity contribution is -0.143. The largest absolute Gasteiger partial charge is 0.480 e. The summed E-state index contributed by atoms with van der Waals surface area (Å²) in [7, 11) is 0. The van der Waals surface area contributed by atoms with Gasteiger partial charge in [0.2, 0.25) is 17.7 Å². The molecule has 0 aliphatic rings. The van der Waals surface area contributed by atoms with Crippen LogP contribution in [-0.4, -0.2) is 69.2 Å². The van der Waals surface area contributed by atoms with Gasteiger partial charge in [-0.1, -0.05) is 45.9 Å². The molecular weight excluding hydrogens is 478 g/mol. The van der Waals surface area contributed by atoms with Gasteiger partial charge >= 0.3 is 5.97 Å². The highest BCUT2D eigenvalue weighted by Crippen LogP contribution is 2.19. The summed E-state index contributed by atoms with van der Waals surface area (Å²) in [6.45, 7) is 8.51. The maximum Gasteiger partial charge on any atom is 0.326 e. The molecule has 0 spiro atoms. The standard InChI is InChI=1S/C26H39N5O6/c1-13(2)10-20(26(36)37)30-23(33)19(11-16-12-28-18-9-7-6-8-17(16)18)29-25(35)22(15(5)32)31-24(34)21(27)14(3)4/h6-9,12-15,19-22,28,32H,10-11,27H2,1-5H3,(H,29,35)(H,30,33)(H,31,34)(H,36,37). The second-order valence-electron chi connectivity index (χ2n) is 10.2. The van der Waals surface area contributed by atoms with E-state index >= 15 is 0 Å². The number of aromatic nitrogens is 1. The minimum atomic E-state index is -1.37. The van der Waals surface area contributed by atoms with Gasteiger partial charge in [-0.25, -0.2) is 4.79 Å². The van der Waals surface area contributed by atoms with E-state index in [0.717, 1.165) is 16.5 Å². The first-order chi connectivity index (χ1) is 17.3. The van der Waals surface area contributed by atoms with Gasteiger partial charge in [0.1, 0.15) is 18.1 Å². The van der Waals surface area contributed by atoms with Crippen molar-refractivity contribution in [3.63, 3.8) is 0 Å². The normalized spacial score (nSPS) is 15.6. The molecule has 11 heteroatoms. The number of hydrogen-bond donors (Lipinski definition) is 7. The Bertz CT molecular complexity index is 1100. The molecule has 5 atom stereocenters. The van der Waals surface area contributed by atoms with Crippen molar-refractivity contribution in [3.8, 4) is 0 Å². The number of fused-ring (bicyclic) bond motifs is 1. The van der Waals surface area contributed by atoms with Crippen LogP contribution in [0.15, 0.2) is 30.5 Å². The third-order valence-corrected chi connectivity index (χ3v) is 6.14. The van der Waals surface area contributed by atoms with Gasteiger partial charge in [-0.15, -0.1) is 0 Å². The zero-order valence-electron chi connectivity index (χ0n) is 21.9. The molecule has 204 valence electrons. The van der Waals surface area contributed by atoms with Gasteiger partial charge in [-0.2, -0.15) is 0 Å². The van der Waals surface area contributed by atoms with Crippen molar-refractivity contribution in [2.24, 2.45) is 17.6 Å². The van der Waals surface area contributed by atoms with Gasteiger partial charge in [0, 0.05) is 23.5 Å². The number of nitrogens with two attached hydrogens (primary N) is 1. The number of carbonyl (C=O) groups is 4. The number of aromatic amines is 1. The van der Waals surface area contributed by atoms with Crippen LogP contribution in [-0.2, 0) is 25.6 Å². The molecule has 0 aliphatic carbocycles. The van der Waals surface area contributed by atoms with Crippen LogP contribution in [0.5, 0.6) is 0 Å². The van der Waals surface area contributed by atoms with Crippen LogP contribution in [0.4, 0.5) is 0 Å². The average Bonchev–Trinajstić information content (AvgIpc) is 3.22. The molecule has 0 bridgehead atoms. The predicted octanol–water partition coefficient (Wildman–Crippen LogP) is 0.660. The monoisotopic (exact) mass is 517 g/mol. The summed E-state index contributed by atoms with van der Waals surface area (Å²) in [5, 5.41) is 28.2. The van der Waals surface area contributed by atoms with E-state index in [2.05, 4.69) is 20.9 Å². The Labute approximate surface area is 216 Å². The zero-order valence-corrected chi connectivity index (χ0v) is 21.9. The Hall–Kier alpha value is -3.44. The third-order valence-electron chi connectivity index (χ3n) is 6.14. The number of aliphatic hydroxyl groups excluding tert-OH is 1. The molecule has 3 amide bonds. The Morgan fingerprint density at radius 3 is 2.11 bits per heavy atom. The minimum Gasteiger partial charge on any atom is -0.480 e. The molecule has 5 unspecified atom stereocenters. The lowest BCUT2D eigenvalue weighted by atomic mass is 10.0. The number of rotatable bonds is 13. The van der Waals surface area contributed by atoms with E-state index in [1.807, 2.05) is 38.1 Å². The molecule has 0 aliphatic heterocycles. The fourth-order valence-electron chi connectivity index (χ4n) is 3.91. The van der Waals surface area contributed by atoms with E-state index in [9.17, 15) is 29.4 Å². The lowest BCUT2D eigenvalue weighted by Gasteiger charge is -2.27. The van der Waals surface area contributed by atoms with Crippen LogP contribution >= 0.6 is 0 Å². The molecule has 0 saturated heterocycles. The summed E-state index contributed by atoms with van der Waals surface area (Å²) in [6.07, 6.45) is 0.679. The second kappa shape index (κ2) is 13.2. The molecule has 1 aromatic heterocycles. The maximum absolute atomic E-state index is 13.3. The number of benzene rings is 1. The quantitative estimate of drug-likeness (QED) is 0.203. The Balaban J connectivity index is 2.32. The van der Waals surface area contributed by atoms with Gasteiger partial charge < -0.3 is 36.9 Å². The van der Waals surface area contributed by atoms with Gasteiger partial charge in [0.05, 0.1) is 12.1 Å². The summed E-state index contributed by atoms with van der Waals surface area (Å²) in [4.78, 5) is 53.8. The highest BCUT2D eigenvalue weighted by molar-refractivity contribution is 5.95. The van der Waals surface area contributed by atoms with Crippen molar-refractivity contribution >= 4 is 34.6 Å². The average molecular weight is 518 g/mol. The molecule has 1 aromatic carbocycles. The fourth-order valence-corrected chi connectivity index (χ4v) is 3.91. The lowest BCUT2D eigenvalue weighted by Crippen LogP contribution is -2.60. The Morgan fingerprint density at radius 2 is 1.54 bits per heavy atom. The highest BCUT2D eigenvalue weighted by Gasteiger charge is 2.33. The number of carboxylic acid groups (broad SMARTS) is 1. The topological polar surface area (TPSA) is 187 Å². The van der Waals surface area contributed by atoms with E-state index in [-0.39, 0.29) is 24.7 Å². The van der Waals surface area contributed by atoms with Gasteiger partial charge in [-0.05, 0) is 36.8 Å². The molecule has 2 rings (SSSR count). The number of hydrogen-bond acceptors (Lipinski definition) is 6. The molecule has 37 heavy (non-hydrogen) atoms. The summed E-state index contributed by atoms with van der Waals surface area (Å²) in [5.41, 5.74) is 7.44. The molecular formula is C26H39N5O6. The summed E-state index contributed by atoms with van der Waals surface area (Å²) in [6, 6.07) is 2.83. The van der Waals surface area contributed by atoms with Gasteiger partial charge in [0.15, 0.2) is 0 Å². The summed E-state index contributed by atoms with van der Waals surface area (Å²) in [5.74, 6) is -3.49. The van der Waals surface area contributed by atoms with Crippen LogP contribution < -0.4 is 21.7 Å². The molecule has 1 heterocycles. The fraction of sp³-hybridized carbons (Fsp3) is 0.538. The maximum atomic E-state index is 13.3. The number of para-hydroxylation sites is 1. The first kappa shape index (κ1) is 29.8. The van der Waals surface area contributed by atoms with Crippen molar-refractivity contribution in [2.45, 2.75) is 77.7 Å². The third kappa shape index (κ3) is 8.29. The highest BCUT2D eigenvalue weighted by atomic mass is 16.4. The minimum absolute atomic E-state index is 0.00283. The summed E-state index contributed by atoms with van der Waals surface area (Å²) < 4.78 is 0. The van der Waals surface area contributed by atoms with Crippen LogP contribution in [0.3, 0.4) is 0 Å². The molecule has 8 N–H and O–H groups in total. The summed E-state index contributed by atoms with van der Waals surface area (Å²) >= 11 is 0. The number of H-pyrrole nitrogens is 1. The molecule has 0 fully saturated rings. The molecule has 0 saturated carbocycles. The van der Waals surface area contributed by atoms with Crippen LogP contribution in [0, 0.1) is 11.8 Å². The van der Waals surface area contributed by atoms with Crippen molar-refractivity contribution in [1.82, 2.24) is 20.9 Å². The van der Waals surface area contributed by atoms with E-state index in [4.69, 9.17) is 5.73 Å². The first-order valence-electron chi connectivity index (χ1n) is 12.4. The Kier molecular flexibility index (Phi) is 10.6. The molecule has 0 radical (unpaired) electrons. The van der Waals surface area contributed by atoms with Crippen molar-refractivity contribution < 1.29 is 29.4 Å². The molecule has 2 aromatic rings. The number of amides is 3. The smallest absolute Gasteiger partial charge is 0.326 e. The van der Waals surface area contributed by atoms with E-state index in [0.29, 0.717) is 0 Å². The zero-order chi connectivity index (χ0) is 27.9. The van der Waals surface area contributed by atoms with Gasteiger partial charge in [-0.3, -0.25) is 14.4 Å². The number of nitrogens with one attached hydrogen (secondary N) is 4. The van der Waals surface area contributed by atoms with Crippen molar-refractivity contribution in [2.75, 3.05) is 0 Å². The molecule has 11 nitrogen and oxygen atoms in total. The van der Waals surface area contributed by atoms with Crippen LogP contribution in [0.2, 0.25) is 0 Å². The van der Waals surface area contributed by atoms with Crippen LogP contribution in [0.1, 0.15) is 46.6 Å². The first-order valence-corrected chi connectivity index (χ1v) is 12.4. The van der Waals surface area contributed by atoms with E-state index in [1.165, 1.54) is 6.92 Å². The van der Waals surface area contributed by atoms with E-state index < -0.39 is 54.0 Å². The number of aliphatic hydroxyl groups is 1. The SMILES string of the molecule is CC(C)CC(NC(=O)C(Cc1c[nH]c2ccccc12)NC(=O)C(NC(=O)C(N)C(C)C)C(C)O)C(=O)O. The predicted molar refractivity (Wildman–Crippen MR) is 139 cm³/mol.